The van der Waals surface area contributed by atoms with E-state index in [1.165, 1.54) is 0 Å². The van der Waals surface area contributed by atoms with Gasteiger partial charge in [0.2, 0.25) is 5.91 Å². The minimum Gasteiger partial charge on any atom is -0.384 e. The molecule has 1 aromatic heterocycles. The second kappa shape index (κ2) is 5.35. The number of nitrogens with two attached hydrogens (primary N) is 1. The van der Waals surface area contributed by atoms with Crippen molar-refractivity contribution in [3.05, 3.63) is 16.8 Å². The Hall–Kier alpha value is -1.96. The summed E-state index contributed by atoms with van der Waals surface area (Å²) in [6, 6.07) is 2.13. The predicted molar refractivity (Wildman–Crippen MR) is 73.5 cm³/mol. The first-order chi connectivity index (χ1) is 9.06. The molecule has 1 aliphatic heterocycles. The number of rotatable bonds is 3. The molecule has 2 rings (SSSR count). The van der Waals surface area contributed by atoms with Crippen molar-refractivity contribution in [2.75, 3.05) is 18.8 Å². The maximum Gasteiger partial charge on any atom is 0.224 e. The van der Waals surface area contributed by atoms with Crippen LogP contribution in [0.1, 0.15) is 36.1 Å². The van der Waals surface area contributed by atoms with Gasteiger partial charge in [-0.1, -0.05) is 0 Å². The fraction of sp³-hybridized carbons (Fsp3) is 0.571. The van der Waals surface area contributed by atoms with Crippen molar-refractivity contribution in [1.82, 2.24) is 9.47 Å². The lowest BCUT2D eigenvalue weighted by atomic mass is 10.2. The highest BCUT2D eigenvalue weighted by Gasteiger charge is 2.19. The van der Waals surface area contributed by atoms with Gasteiger partial charge in [0.25, 0.3) is 0 Å². The first kappa shape index (κ1) is 13.5. The molecule has 1 amide bonds. The molecule has 0 unspecified atom stereocenters. The Labute approximate surface area is 113 Å². The summed E-state index contributed by atoms with van der Waals surface area (Å²) < 4.78 is 1.88. The van der Waals surface area contributed by atoms with Crippen LogP contribution < -0.4 is 5.73 Å². The van der Waals surface area contributed by atoms with E-state index in [0.717, 1.165) is 37.2 Å². The highest BCUT2D eigenvalue weighted by Crippen LogP contribution is 2.23. The van der Waals surface area contributed by atoms with Gasteiger partial charge in [-0.2, -0.15) is 5.26 Å². The Kier molecular flexibility index (Phi) is 3.79. The molecule has 5 nitrogen and oxygen atoms in total. The lowest BCUT2D eigenvalue weighted by molar-refractivity contribution is -0.130. The third kappa shape index (κ3) is 2.43. The van der Waals surface area contributed by atoms with Crippen molar-refractivity contribution < 1.29 is 4.79 Å². The second-order valence-corrected chi connectivity index (χ2v) is 5.07. The van der Waals surface area contributed by atoms with Crippen LogP contribution in [0.25, 0.3) is 0 Å². The summed E-state index contributed by atoms with van der Waals surface area (Å²) in [6.07, 6.45) is 2.66. The van der Waals surface area contributed by atoms with Crippen LogP contribution in [0.2, 0.25) is 0 Å². The Morgan fingerprint density at radius 3 is 2.53 bits per heavy atom. The standard InChI is InChI=1S/C14H20N4O/c1-10-11(2)18(14(16)12(10)9-15)8-5-13(19)17-6-3-4-7-17/h3-8,16H2,1-2H3. The summed E-state index contributed by atoms with van der Waals surface area (Å²) in [7, 11) is 0. The van der Waals surface area contributed by atoms with Crippen molar-refractivity contribution in [3.8, 4) is 6.07 Å². The van der Waals surface area contributed by atoms with E-state index in [-0.39, 0.29) is 5.91 Å². The third-order valence-corrected chi connectivity index (χ3v) is 3.99. The van der Waals surface area contributed by atoms with Crippen molar-refractivity contribution in [1.29, 1.82) is 5.26 Å². The average molecular weight is 260 g/mol. The van der Waals surface area contributed by atoms with Gasteiger partial charge in [-0.25, -0.2) is 0 Å². The Morgan fingerprint density at radius 1 is 1.37 bits per heavy atom. The van der Waals surface area contributed by atoms with E-state index in [9.17, 15) is 4.79 Å². The number of likely N-dealkylation sites (tertiary alicyclic amines) is 1. The Balaban J connectivity index is 2.08. The van der Waals surface area contributed by atoms with E-state index >= 15 is 0 Å². The molecule has 0 atom stereocenters. The highest BCUT2D eigenvalue weighted by molar-refractivity contribution is 5.76. The lowest BCUT2D eigenvalue weighted by Crippen LogP contribution is -2.28. The fourth-order valence-corrected chi connectivity index (χ4v) is 2.65. The zero-order valence-corrected chi connectivity index (χ0v) is 11.6. The molecule has 0 saturated carbocycles. The summed E-state index contributed by atoms with van der Waals surface area (Å²) in [6.45, 7) is 6.13. The number of nitrogens with zero attached hydrogens (tertiary/aromatic N) is 3. The first-order valence-corrected chi connectivity index (χ1v) is 6.69. The van der Waals surface area contributed by atoms with Crippen LogP contribution in [0.15, 0.2) is 0 Å². The highest BCUT2D eigenvalue weighted by atomic mass is 16.2. The molecule has 0 bridgehead atoms. The van der Waals surface area contributed by atoms with Crippen LogP contribution in [-0.2, 0) is 11.3 Å². The maximum atomic E-state index is 12.0. The van der Waals surface area contributed by atoms with E-state index in [1.807, 2.05) is 23.3 Å². The molecule has 19 heavy (non-hydrogen) atoms. The number of hydrogen-bond donors (Lipinski definition) is 1. The molecule has 1 fully saturated rings. The quantitative estimate of drug-likeness (QED) is 0.896. The van der Waals surface area contributed by atoms with Gasteiger partial charge in [-0.3, -0.25) is 4.79 Å². The van der Waals surface area contributed by atoms with E-state index in [0.29, 0.717) is 24.3 Å². The molecule has 2 heterocycles. The number of nitrogen functional groups attached to an aromatic ring is 1. The van der Waals surface area contributed by atoms with Gasteiger partial charge < -0.3 is 15.2 Å². The van der Waals surface area contributed by atoms with E-state index < -0.39 is 0 Å². The summed E-state index contributed by atoms with van der Waals surface area (Å²) in [5, 5.41) is 9.07. The smallest absolute Gasteiger partial charge is 0.224 e. The molecule has 0 aliphatic carbocycles. The molecule has 1 aromatic rings. The summed E-state index contributed by atoms with van der Waals surface area (Å²) in [5.74, 6) is 0.660. The van der Waals surface area contributed by atoms with E-state index in [2.05, 4.69) is 6.07 Å². The van der Waals surface area contributed by atoms with Gasteiger partial charge in [-0.15, -0.1) is 0 Å². The van der Waals surface area contributed by atoms with E-state index in [1.54, 1.807) is 0 Å². The monoisotopic (exact) mass is 260 g/mol. The van der Waals surface area contributed by atoms with Crippen molar-refractivity contribution in [2.45, 2.75) is 39.7 Å². The third-order valence-electron chi connectivity index (χ3n) is 3.99. The number of nitriles is 1. The Bertz CT molecular complexity index is 533. The van der Waals surface area contributed by atoms with Crippen LogP contribution >= 0.6 is 0 Å². The van der Waals surface area contributed by atoms with Gasteiger partial charge in [0.15, 0.2) is 0 Å². The zero-order valence-electron chi connectivity index (χ0n) is 11.6. The molecule has 2 N–H and O–H groups in total. The number of aromatic nitrogens is 1. The number of carbonyl (C=O) groups is 1. The van der Waals surface area contributed by atoms with Crippen LogP contribution in [0.5, 0.6) is 0 Å². The van der Waals surface area contributed by atoms with Gasteiger partial charge in [0.05, 0.1) is 5.56 Å². The number of anilines is 1. The topological polar surface area (TPSA) is 75.0 Å². The average Bonchev–Trinajstić information content (AvgIpc) is 2.98. The van der Waals surface area contributed by atoms with Crippen molar-refractivity contribution >= 4 is 11.7 Å². The zero-order chi connectivity index (χ0) is 14.0. The molecule has 5 heteroatoms. The normalized spacial score (nSPS) is 14.7. The molecule has 0 spiro atoms. The number of amides is 1. The Morgan fingerprint density at radius 2 is 2.00 bits per heavy atom. The minimum absolute atomic E-state index is 0.182. The molecular formula is C14H20N4O. The summed E-state index contributed by atoms with van der Waals surface area (Å²) in [5.41, 5.74) is 8.39. The molecule has 0 aromatic carbocycles. The number of hydrogen-bond acceptors (Lipinski definition) is 3. The van der Waals surface area contributed by atoms with E-state index in [4.69, 9.17) is 11.0 Å². The van der Waals surface area contributed by atoms with Crippen molar-refractivity contribution in [3.63, 3.8) is 0 Å². The van der Waals surface area contributed by atoms with Gasteiger partial charge in [0.1, 0.15) is 11.9 Å². The van der Waals surface area contributed by atoms with Gasteiger partial charge in [-0.05, 0) is 32.3 Å². The van der Waals surface area contributed by atoms with Crippen LogP contribution in [0.4, 0.5) is 5.82 Å². The predicted octanol–water partition coefficient (Wildman–Crippen LogP) is 1.57. The van der Waals surface area contributed by atoms with Gasteiger partial charge in [0, 0.05) is 31.7 Å². The second-order valence-electron chi connectivity index (χ2n) is 5.07. The maximum absolute atomic E-state index is 12.0. The SMILES string of the molecule is Cc1c(C#N)c(N)n(CCC(=O)N2CCCC2)c1C. The minimum atomic E-state index is 0.182. The largest absolute Gasteiger partial charge is 0.384 e. The fourth-order valence-electron chi connectivity index (χ4n) is 2.65. The summed E-state index contributed by atoms with van der Waals surface area (Å²) in [4.78, 5) is 13.9. The molecule has 1 saturated heterocycles. The van der Waals surface area contributed by atoms with Crippen LogP contribution in [0.3, 0.4) is 0 Å². The molecule has 0 radical (unpaired) electrons. The molecule has 1 aliphatic rings. The van der Waals surface area contributed by atoms with Crippen LogP contribution in [-0.4, -0.2) is 28.5 Å². The lowest BCUT2D eigenvalue weighted by Gasteiger charge is -2.16. The molecular weight excluding hydrogens is 240 g/mol. The van der Waals surface area contributed by atoms with Crippen molar-refractivity contribution in [2.24, 2.45) is 0 Å². The van der Waals surface area contributed by atoms with Gasteiger partial charge >= 0.3 is 0 Å². The summed E-state index contributed by atoms with van der Waals surface area (Å²) >= 11 is 0. The van der Waals surface area contributed by atoms with Crippen LogP contribution in [0, 0.1) is 25.2 Å². The molecule has 102 valence electrons. The number of carbonyl (C=O) groups excluding carboxylic acids is 1. The first-order valence-electron chi connectivity index (χ1n) is 6.69.